The molecule has 0 saturated carbocycles. The lowest BCUT2D eigenvalue weighted by Gasteiger charge is -2.07. The Morgan fingerprint density at radius 1 is 1.29 bits per heavy atom. The van der Waals surface area contributed by atoms with E-state index in [1.54, 1.807) is 11.3 Å². The second-order valence-electron chi connectivity index (χ2n) is 3.45. The van der Waals surface area contributed by atoms with E-state index in [0.29, 0.717) is 0 Å². The fraction of sp³-hybridized carbons (Fsp3) is 0.182. The van der Waals surface area contributed by atoms with Crippen molar-refractivity contribution in [2.75, 3.05) is 5.32 Å². The Labute approximate surface area is 129 Å². The number of halogens is 3. The van der Waals surface area contributed by atoms with Gasteiger partial charge in [0.05, 0.1) is 15.2 Å². The molecule has 0 fully saturated rings. The van der Waals surface area contributed by atoms with Gasteiger partial charge in [-0.15, -0.1) is 11.3 Å². The van der Waals surface area contributed by atoms with Crippen LogP contribution < -0.4 is 5.32 Å². The van der Waals surface area contributed by atoms with E-state index in [4.69, 9.17) is 0 Å². The zero-order chi connectivity index (χ0) is 12.4. The largest absolute Gasteiger partial charge is 0.379 e. The minimum Gasteiger partial charge on any atom is -0.379 e. The lowest BCUT2D eigenvalue weighted by Crippen LogP contribution is -2.00. The Balaban J connectivity index is 2.07. The highest BCUT2D eigenvalue weighted by atomic mass is 79.9. The molecular formula is C11H9Br3N2S. The molecule has 0 spiro atoms. The number of anilines is 1. The number of pyridine rings is 1. The molecule has 0 aromatic carbocycles. The summed E-state index contributed by atoms with van der Waals surface area (Å²) in [6.45, 7) is 2.80. The Morgan fingerprint density at radius 3 is 2.65 bits per heavy atom. The summed E-state index contributed by atoms with van der Waals surface area (Å²) in [6, 6.07) is 6.09. The SMILES string of the molecule is Cc1nc(Br)ccc1NCc1cc(Br)c(Br)s1. The lowest BCUT2D eigenvalue weighted by atomic mass is 10.3. The van der Waals surface area contributed by atoms with Crippen LogP contribution in [0.3, 0.4) is 0 Å². The van der Waals surface area contributed by atoms with Crippen molar-refractivity contribution in [3.8, 4) is 0 Å². The van der Waals surface area contributed by atoms with Gasteiger partial charge >= 0.3 is 0 Å². The van der Waals surface area contributed by atoms with Crippen molar-refractivity contribution < 1.29 is 0 Å². The predicted octanol–water partition coefficient (Wildman–Crippen LogP) is 5.35. The highest BCUT2D eigenvalue weighted by molar-refractivity contribution is 9.13. The van der Waals surface area contributed by atoms with Crippen molar-refractivity contribution in [1.29, 1.82) is 0 Å². The molecule has 17 heavy (non-hydrogen) atoms. The van der Waals surface area contributed by atoms with Gasteiger partial charge in [-0.05, 0) is 72.9 Å². The molecule has 0 atom stereocenters. The minimum atomic E-state index is 0.805. The fourth-order valence-corrected chi connectivity index (χ4v) is 3.89. The smallest absolute Gasteiger partial charge is 0.106 e. The van der Waals surface area contributed by atoms with Gasteiger partial charge in [-0.2, -0.15) is 0 Å². The normalized spacial score (nSPS) is 10.6. The van der Waals surface area contributed by atoms with E-state index in [-0.39, 0.29) is 0 Å². The van der Waals surface area contributed by atoms with Crippen LogP contribution in [0, 0.1) is 6.92 Å². The van der Waals surface area contributed by atoms with Crippen LogP contribution in [0.5, 0.6) is 0 Å². The number of aryl methyl sites for hydroxylation is 1. The minimum absolute atomic E-state index is 0.805. The molecule has 0 amide bonds. The van der Waals surface area contributed by atoms with Crippen LogP contribution in [0.1, 0.15) is 10.6 Å². The summed E-state index contributed by atoms with van der Waals surface area (Å²) in [5.74, 6) is 0. The first-order valence-corrected chi connectivity index (χ1v) is 8.06. The zero-order valence-corrected chi connectivity index (χ0v) is 14.5. The summed E-state index contributed by atoms with van der Waals surface area (Å²) < 4.78 is 3.09. The number of nitrogens with one attached hydrogen (secondary N) is 1. The first-order valence-electron chi connectivity index (χ1n) is 4.87. The molecule has 0 aliphatic rings. The predicted molar refractivity (Wildman–Crippen MR) is 83.7 cm³/mol. The van der Waals surface area contributed by atoms with E-state index in [1.165, 1.54) is 4.88 Å². The third-order valence-electron chi connectivity index (χ3n) is 2.20. The highest BCUT2D eigenvalue weighted by Gasteiger charge is 2.05. The van der Waals surface area contributed by atoms with Crippen molar-refractivity contribution in [1.82, 2.24) is 4.98 Å². The van der Waals surface area contributed by atoms with Crippen molar-refractivity contribution in [3.63, 3.8) is 0 Å². The molecule has 0 radical (unpaired) electrons. The number of hydrogen-bond donors (Lipinski definition) is 1. The van der Waals surface area contributed by atoms with Gasteiger partial charge in [0.2, 0.25) is 0 Å². The summed E-state index contributed by atoms with van der Waals surface area (Å²) in [7, 11) is 0. The standard InChI is InChI=1S/C11H9Br3N2S/c1-6-9(2-3-10(13)16-6)15-5-7-4-8(12)11(14)17-7/h2-4,15H,5H2,1H3. The van der Waals surface area contributed by atoms with Crippen LogP contribution in [0.15, 0.2) is 31.1 Å². The van der Waals surface area contributed by atoms with E-state index in [9.17, 15) is 0 Å². The number of hydrogen-bond acceptors (Lipinski definition) is 3. The van der Waals surface area contributed by atoms with E-state index >= 15 is 0 Å². The van der Waals surface area contributed by atoms with Crippen LogP contribution in [0.25, 0.3) is 0 Å². The van der Waals surface area contributed by atoms with Crippen LogP contribution in [-0.2, 0) is 6.54 Å². The summed E-state index contributed by atoms with van der Waals surface area (Å²) in [5, 5.41) is 3.38. The zero-order valence-electron chi connectivity index (χ0n) is 8.93. The maximum atomic E-state index is 4.35. The Kier molecular flexibility index (Phi) is 4.63. The molecule has 2 heterocycles. The van der Waals surface area contributed by atoms with Crippen molar-refractivity contribution in [2.45, 2.75) is 13.5 Å². The van der Waals surface area contributed by atoms with E-state index < -0.39 is 0 Å². The molecular weight excluding hydrogens is 432 g/mol. The van der Waals surface area contributed by atoms with Crippen LogP contribution in [0.2, 0.25) is 0 Å². The second kappa shape index (κ2) is 5.82. The quantitative estimate of drug-likeness (QED) is 0.650. The Hall–Kier alpha value is 0.0900. The topological polar surface area (TPSA) is 24.9 Å². The maximum absolute atomic E-state index is 4.35. The van der Waals surface area contributed by atoms with Gasteiger partial charge in [0, 0.05) is 15.9 Å². The third kappa shape index (κ3) is 3.53. The van der Waals surface area contributed by atoms with Crippen LogP contribution in [-0.4, -0.2) is 4.98 Å². The molecule has 0 aliphatic carbocycles. The first kappa shape index (κ1) is 13.5. The molecule has 2 aromatic rings. The van der Waals surface area contributed by atoms with E-state index in [1.807, 2.05) is 19.1 Å². The van der Waals surface area contributed by atoms with Gasteiger partial charge in [-0.1, -0.05) is 0 Å². The molecule has 0 saturated heterocycles. The monoisotopic (exact) mass is 438 g/mol. The molecule has 2 aromatic heterocycles. The fourth-order valence-electron chi connectivity index (χ4n) is 1.38. The van der Waals surface area contributed by atoms with Gasteiger partial charge in [0.15, 0.2) is 0 Å². The summed E-state index contributed by atoms with van der Waals surface area (Å²) in [4.78, 5) is 5.62. The Bertz CT molecular complexity index is 520. The highest BCUT2D eigenvalue weighted by Crippen LogP contribution is 2.32. The number of rotatable bonds is 3. The molecule has 90 valence electrons. The van der Waals surface area contributed by atoms with Gasteiger partial charge in [0.25, 0.3) is 0 Å². The summed E-state index contributed by atoms with van der Waals surface area (Å²) >= 11 is 12.1. The van der Waals surface area contributed by atoms with Gasteiger partial charge in [0.1, 0.15) is 4.60 Å². The molecule has 0 bridgehead atoms. The number of nitrogens with zero attached hydrogens (tertiary/aromatic N) is 1. The van der Waals surface area contributed by atoms with E-state index in [2.05, 4.69) is 64.2 Å². The molecule has 2 nitrogen and oxygen atoms in total. The molecule has 1 N–H and O–H groups in total. The molecule has 0 unspecified atom stereocenters. The number of thiophene rings is 1. The van der Waals surface area contributed by atoms with Gasteiger partial charge < -0.3 is 5.32 Å². The van der Waals surface area contributed by atoms with Crippen molar-refractivity contribution in [3.05, 3.63) is 41.6 Å². The summed E-state index contributed by atoms with van der Waals surface area (Å²) in [5.41, 5.74) is 2.06. The van der Waals surface area contributed by atoms with Gasteiger partial charge in [-0.3, -0.25) is 0 Å². The number of aromatic nitrogens is 1. The lowest BCUT2D eigenvalue weighted by molar-refractivity contribution is 1.11. The van der Waals surface area contributed by atoms with Crippen molar-refractivity contribution in [2.24, 2.45) is 0 Å². The summed E-state index contributed by atoms with van der Waals surface area (Å²) in [6.07, 6.45) is 0. The average molecular weight is 441 g/mol. The average Bonchev–Trinajstić information content (AvgIpc) is 2.57. The Morgan fingerprint density at radius 2 is 2.06 bits per heavy atom. The van der Waals surface area contributed by atoms with Gasteiger partial charge in [-0.25, -0.2) is 4.98 Å². The maximum Gasteiger partial charge on any atom is 0.106 e. The first-order chi connectivity index (χ1) is 8.06. The van der Waals surface area contributed by atoms with Crippen LogP contribution >= 0.6 is 59.1 Å². The molecule has 0 aliphatic heterocycles. The van der Waals surface area contributed by atoms with E-state index in [0.717, 1.165) is 30.8 Å². The molecule has 2 rings (SSSR count). The third-order valence-corrected chi connectivity index (χ3v) is 5.90. The van der Waals surface area contributed by atoms with Crippen LogP contribution in [0.4, 0.5) is 5.69 Å². The second-order valence-corrected chi connectivity index (χ2v) is 7.58. The molecule has 6 heteroatoms. The van der Waals surface area contributed by atoms with Crippen molar-refractivity contribution >= 4 is 64.8 Å².